The minimum absolute atomic E-state index is 0.270. The zero-order chi connectivity index (χ0) is 18.8. The number of amidine groups is 1. The fraction of sp³-hybridized carbons (Fsp3) is 0.100. The maximum Gasteiger partial charge on any atom is 0.323 e. The second-order valence-corrected chi connectivity index (χ2v) is 7.09. The Bertz CT molecular complexity index is 1010. The lowest BCUT2D eigenvalue weighted by molar-refractivity contribution is 0.262. The zero-order valence-electron chi connectivity index (χ0n) is 14.8. The Hall–Kier alpha value is -3.32. The molecule has 2 amide bonds. The average Bonchev–Trinajstić information content (AvgIpc) is 3.16. The second-order valence-electron chi connectivity index (χ2n) is 6.19. The van der Waals surface area contributed by atoms with Gasteiger partial charge in [0.15, 0.2) is 0 Å². The smallest absolute Gasteiger partial charge is 0.323 e. The van der Waals surface area contributed by atoms with Crippen LogP contribution in [0.5, 0.6) is 0 Å². The standard InChI is InChI=1S/C20H19N5OS/c1-13-4-2-3-5-17(13)24-20(26)23-14-6-8-15(9-7-14)25-12-22-18(21)16-10-11-27-19(16)25/h2-11H,12H2,1H3,(H2,21,22)(H2,23,24,26). The van der Waals surface area contributed by atoms with Crippen LogP contribution in [0.1, 0.15) is 11.1 Å². The number of carbonyl (C=O) groups excluding carboxylic acids is 1. The van der Waals surface area contributed by atoms with Gasteiger partial charge in [0.2, 0.25) is 0 Å². The monoisotopic (exact) mass is 377 g/mol. The lowest BCUT2D eigenvalue weighted by Gasteiger charge is -2.26. The van der Waals surface area contributed by atoms with Crippen molar-refractivity contribution in [2.45, 2.75) is 6.92 Å². The molecule has 0 atom stereocenters. The summed E-state index contributed by atoms with van der Waals surface area (Å²) in [6.45, 7) is 2.44. The van der Waals surface area contributed by atoms with Crippen LogP contribution in [0.2, 0.25) is 0 Å². The van der Waals surface area contributed by atoms with E-state index in [1.165, 1.54) is 0 Å². The molecule has 4 N–H and O–H groups in total. The number of rotatable bonds is 3. The molecule has 0 aliphatic carbocycles. The highest BCUT2D eigenvalue weighted by atomic mass is 32.1. The lowest BCUT2D eigenvalue weighted by atomic mass is 10.2. The summed E-state index contributed by atoms with van der Waals surface area (Å²) in [5.41, 5.74) is 10.4. The van der Waals surface area contributed by atoms with E-state index in [-0.39, 0.29) is 6.03 Å². The summed E-state index contributed by atoms with van der Waals surface area (Å²) in [4.78, 5) is 18.7. The van der Waals surface area contributed by atoms with Crippen molar-refractivity contribution >= 4 is 45.3 Å². The summed E-state index contributed by atoms with van der Waals surface area (Å²) in [5, 5.41) is 8.81. The molecule has 0 fully saturated rings. The van der Waals surface area contributed by atoms with Gasteiger partial charge in [-0.3, -0.25) is 0 Å². The molecule has 27 heavy (non-hydrogen) atoms. The topological polar surface area (TPSA) is 82.8 Å². The van der Waals surface area contributed by atoms with E-state index in [9.17, 15) is 4.79 Å². The Kier molecular flexibility index (Phi) is 4.52. The molecule has 2 aromatic carbocycles. The number of fused-ring (bicyclic) bond motifs is 1. The molecule has 4 rings (SSSR count). The van der Waals surface area contributed by atoms with Crippen LogP contribution in [0.4, 0.5) is 26.9 Å². The number of nitrogens with two attached hydrogens (primary N) is 1. The Morgan fingerprint density at radius 1 is 1.11 bits per heavy atom. The van der Waals surface area contributed by atoms with Crippen molar-refractivity contribution in [3.8, 4) is 0 Å². The maximum absolute atomic E-state index is 12.2. The quantitative estimate of drug-likeness (QED) is 0.628. The highest BCUT2D eigenvalue weighted by Crippen LogP contribution is 2.36. The number of hydrogen-bond donors (Lipinski definition) is 3. The highest BCUT2D eigenvalue weighted by Gasteiger charge is 2.21. The van der Waals surface area contributed by atoms with Crippen LogP contribution in [0.15, 0.2) is 65.0 Å². The highest BCUT2D eigenvalue weighted by molar-refractivity contribution is 7.14. The molecule has 7 heteroatoms. The van der Waals surface area contributed by atoms with E-state index in [2.05, 4.69) is 20.5 Å². The number of urea groups is 1. The molecule has 3 aromatic rings. The molecule has 2 heterocycles. The first-order chi connectivity index (χ1) is 13.1. The van der Waals surface area contributed by atoms with Gasteiger partial charge >= 0.3 is 6.03 Å². The van der Waals surface area contributed by atoms with E-state index in [1.807, 2.05) is 66.9 Å². The number of thiophene rings is 1. The van der Waals surface area contributed by atoms with Gasteiger partial charge in [-0.05, 0) is 54.3 Å². The lowest BCUT2D eigenvalue weighted by Crippen LogP contribution is -2.27. The Labute approximate surface area is 161 Å². The minimum atomic E-state index is -0.270. The molecule has 0 bridgehead atoms. The number of para-hydroxylation sites is 1. The van der Waals surface area contributed by atoms with Crippen molar-refractivity contribution in [2.75, 3.05) is 22.2 Å². The number of aliphatic imine (C=N–C) groups is 1. The summed E-state index contributed by atoms with van der Waals surface area (Å²) in [5.74, 6) is 0.577. The van der Waals surface area contributed by atoms with Gasteiger partial charge in [-0.1, -0.05) is 18.2 Å². The molecule has 0 radical (unpaired) electrons. The van der Waals surface area contributed by atoms with Crippen LogP contribution in [-0.2, 0) is 0 Å². The second kappa shape index (κ2) is 7.13. The van der Waals surface area contributed by atoms with Crippen LogP contribution < -0.4 is 21.3 Å². The van der Waals surface area contributed by atoms with E-state index < -0.39 is 0 Å². The summed E-state index contributed by atoms with van der Waals surface area (Å²) in [7, 11) is 0. The summed E-state index contributed by atoms with van der Waals surface area (Å²) < 4.78 is 0. The molecule has 1 aromatic heterocycles. The summed E-state index contributed by atoms with van der Waals surface area (Å²) in [6, 6.07) is 17.1. The molecule has 0 spiro atoms. The van der Waals surface area contributed by atoms with Crippen molar-refractivity contribution in [3.63, 3.8) is 0 Å². The first kappa shape index (κ1) is 17.1. The third-order valence-corrected chi connectivity index (χ3v) is 5.31. The van der Waals surface area contributed by atoms with Gasteiger partial charge in [0.1, 0.15) is 17.5 Å². The third-order valence-electron chi connectivity index (χ3n) is 4.38. The summed E-state index contributed by atoms with van der Waals surface area (Å²) >= 11 is 1.63. The van der Waals surface area contributed by atoms with Crippen molar-refractivity contribution in [1.29, 1.82) is 0 Å². The predicted octanol–water partition coefficient (Wildman–Crippen LogP) is 4.52. The van der Waals surface area contributed by atoms with E-state index in [0.29, 0.717) is 12.5 Å². The SMILES string of the molecule is Cc1ccccc1NC(=O)Nc1ccc(N2CN=C(N)c3ccsc32)cc1. The molecule has 1 aliphatic rings. The van der Waals surface area contributed by atoms with Crippen LogP contribution in [0, 0.1) is 6.92 Å². The Morgan fingerprint density at radius 3 is 2.67 bits per heavy atom. The molecular formula is C20H19N5OS. The predicted molar refractivity (Wildman–Crippen MR) is 112 cm³/mol. The Balaban J connectivity index is 1.46. The van der Waals surface area contributed by atoms with Gasteiger partial charge in [-0.2, -0.15) is 0 Å². The van der Waals surface area contributed by atoms with Crippen LogP contribution >= 0.6 is 11.3 Å². The van der Waals surface area contributed by atoms with Gasteiger partial charge in [-0.15, -0.1) is 11.3 Å². The molecule has 6 nitrogen and oxygen atoms in total. The number of aryl methyl sites for hydroxylation is 1. The van der Waals surface area contributed by atoms with E-state index in [1.54, 1.807) is 11.3 Å². The Morgan fingerprint density at radius 2 is 1.89 bits per heavy atom. The largest absolute Gasteiger partial charge is 0.383 e. The molecule has 0 saturated heterocycles. The molecule has 0 saturated carbocycles. The summed E-state index contributed by atoms with van der Waals surface area (Å²) in [6.07, 6.45) is 0. The number of hydrogen-bond acceptors (Lipinski definition) is 5. The van der Waals surface area contributed by atoms with E-state index in [4.69, 9.17) is 5.73 Å². The number of nitrogens with one attached hydrogen (secondary N) is 2. The van der Waals surface area contributed by atoms with Crippen LogP contribution in [-0.4, -0.2) is 18.5 Å². The molecule has 136 valence electrons. The van der Waals surface area contributed by atoms with Gasteiger partial charge < -0.3 is 21.3 Å². The maximum atomic E-state index is 12.2. The minimum Gasteiger partial charge on any atom is -0.383 e. The zero-order valence-corrected chi connectivity index (χ0v) is 15.6. The van der Waals surface area contributed by atoms with Gasteiger partial charge in [0.05, 0.1) is 5.56 Å². The molecule has 0 unspecified atom stereocenters. The fourth-order valence-corrected chi connectivity index (χ4v) is 3.85. The number of nitrogens with zero attached hydrogens (tertiary/aromatic N) is 2. The fourth-order valence-electron chi connectivity index (χ4n) is 2.92. The van der Waals surface area contributed by atoms with Crippen molar-refractivity contribution in [1.82, 2.24) is 0 Å². The van der Waals surface area contributed by atoms with Crippen LogP contribution in [0.25, 0.3) is 0 Å². The van der Waals surface area contributed by atoms with E-state index >= 15 is 0 Å². The van der Waals surface area contributed by atoms with Crippen molar-refractivity contribution in [2.24, 2.45) is 10.7 Å². The number of carbonyl (C=O) groups is 1. The normalized spacial score (nSPS) is 12.9. The van der Waals surface area contributed by atoms with Crippen molar-refractivity contribution in [3.05, 3.63) is 71.1 Å². The molecule has 1 aliphatic heterocycles. The van der Waals surface area contributed by atoms with Gasteiger partial charge in [0, 0.05) is 17.1 Å². The number of benzene rings is 2. The first-order valence-corrected chi connectivity index (χ1v) is 9.39. The number of amides is 2. The first-order valence-electron chi connectivity index (χ1n) is 8.51. The van der Waals surface area contributed by atoms with E-state index in [0.717, 1.165) is 33.2 Å². The number of anilines is 4. The van der Waals surface area contributed by atoms with Gasteiger partial charge in [-0.25, -0.2) is 9.79 Å². The average molecular weight is 377 g/mol. The van der Waals surface area contributed by atoms with Crippen molar-refractivity contribution < 1.29 is 4.79 Å². The third kappa shape index (κ3) is 3.50. The molecular weight excluding hydrogens is 358 g/mol. The van der Waals surface area contributed by atoms with Gasteiger partial charge in [0.25, 0.3) is 0 Å². The van der Waals surface area contributed by atoms with Crippen LogP contribution in [0.3, 0.4) is 0 Å².